The molecule has 1 aromatic heterocycles. The zero-order valence-electron chi connectivity index (χ0n) is 23.2. The molecule has 0 spiro atoms. The van der Waals surface area contributed by atoms with Crippen LogP contribution in [-0.4, -0.2) is 41.3 Å². The minimum Gasteiger partial charge on any atom is -0.361 e. The van der Waals surface area contributed by atoms with Crippen molar-refractivity contribution in [2.45, 2.75) is 69.7 Å². The van der Waals surface area contributed by atoms with Gasteiger partial charge in [-0.3, -0.25) is 0 Å². The Kier molecular flexibility index (Phi) is 8.40. The predicted octanol–water partition coefficient (Wildman–Crippen LogP) is 6.87. The molecule has 3 aliphatic rings. The van der Waals surface area contributed by atoms with Gasteiger partial charge >= 0.3 is 0 Å². The molecule has 0 unspecified atom stereocenters. The van der Waals surface area contributed by atoms with Crippen LogP contribution in [0.5, 0.6) is 0 Å². The number of benzene rings is 2. The Morgan fingerprint density at radius 3 is 2.23 bits per heavy atom. The van der Waals surface area contributed by atoms with E-state index in [2.05, 4.69) is 62.9 Å². The highest BCUT2D eigenvalue weighted by Crippen LogP contribution is 2.41. The van der Waals surface area contributed by atoms with Crippen LogP contribution < -0.4 is 20.4 Å². The lowest BCUT2D eigenvalue weighted by atomic mass is 9.79. The first-order valence-electron chi connectivity index (χ1n) is 14.8. The van der Waals surface area contributed by atoms with Gasteiger partial charge in [-0.15, -0.1) is 0 Å². The Balaban J connectivity index is 1.21. The number of hydrogen-bond donors (Lipinski definition) is 2. The fourth-order valence-corrected chi connectivity index (χ4v) is 6.90. The third-order valence-corrected chi connectivity index (χ3v) is 9.41. The summed E-state index contributed by atoms with van der Waals surface area (Å²) in [7, 11) is 0. The smallest absolute Gasteiger partial charge is 0.232 e. The molecule has 0 atom stereocenters. The van der Waals surface area contributed by atoms with E-state index >= 15 is 0 Å². The molecule has 0 bridgehead atoms. The maximum atomic E-state index is 6.19. The van der Waals surface area contributed by atoms with Gasteiger partial charge in [0.05, 0.1) is 0 Å². The van der Waals surface area contributed by atoms with E-state index in [-0.39, 0.29) is 5.41 Å². The highest BCUT2D eigenvalue weighted by Gasteiger charge is 2.35. The number of fused-ring (bicyclic) bond motifs is 1. The molecule has 1 aliphatic carbocycles. The van der Waals surface area contributed by atoms with Crippen molar-refractivity contribution in [3.05, 3.63) is 76.3 Å². The van der Waals surface area contributed by atoms with Crippen molar-refractivity contribution in [1.82, 2.24) is 15.3 Å². The van der Waals surface area contributed by atoms with E-state index in [0.29, 0.717) is 11.1 Å². The molecule has 6 rings (SSSR count). The number of halogens is 1. The summed E-state index contributed by atoms with van der Waals surface area (Å²) in [6, 6.07) is 19.2. The fourth-order valence-electron chi connectivity index (χ4n) is 6.61. The largest absolute Gasteiger partial charge is 0.361 e. The summed E-state index contributed by atoms with van der Waals surface area (Å²) < 4.78 is 0. The first kappa shape index (κ1) is 27.3. The molecule has 40 heavy (non-hydrogen) atoms. The Morgan fingerprint density at radius 1 is 0.825 bits per heavy atom. The minimum atomic E-state index is 0.0669. The second-order valence-electron chi connectivity index (χ2n) is 11.6. The maximum Gasteiger partial charge on any atom is 0.232 e. The van der Waals surface area contributed by atoms with E-state index in [9.17, 15) is 0 Å². The quantitative estimate of drug-likeness (QED) is 0.311. The van der Waals surface area contributed by atoms with Crippen molar-refractivity contribution < 1.29 is 0 Å². The van der Waals surface area contributed by atoms with E-state index in [0.717, 1.165) is 68.6 Å². The van der Waals surface area contributed by atoms with Gasteiger partial charge in [-0.2, -0.15) is 9.97 Å². The van der Waals surface area contributed by atoms with Gasteiger partial charge in [0.25, 0.3) is 0 Å². The monoisotopic (exact) mass is 574 g/mol. The van der Waals surface area contributed by atoms with E-state index in [1.165, 1.54) is 55.2 Å². The summed E-state index contributed by atoms with van der Waals surface area (Å²) in [4.78, 5) is 14.8. The first-order valence-corrected chi connectivity index (χ1v) is 15.6. The summed E-state index contributed by atoms with van der Waals surface area (Å²) >= 11 is 12.0. The Morgan fingerprint density at radius 2 is 1.50 bits per heavy atom. The Bertz CT molecular complexity index is 1320. The fraction of sp³-hybridized carbons (Fsp3) is 0.469. The van der Waals surface area contributed by atoms with Crippen LogP contribution in [-0.2, 0) is 18.4 Å². The van der Waals surface area contributed by atoms with Crippen molar-refractivity contribution >= 4 is 46.5 Å². The van der Waals surface area contributed by atoms with Crippen molar-refractivity contribution in [3.63, 3.8) is 0 Å². The van der Waals surface area contributed by atoms with Crippen LogP contribution in [0.4, 0.5) is 17.6 Å². The molecule has 3 heterocycles. The standard InChI is InChI=1S/C32H39ClN6S/c33-27-13-11-26(12-14-27)32(16-5-6-17-32)23-34-31(40)37-30-35-28(38-18-7-1-2-8-19-38)21-29(36-30)39-20-15-24-9-3-4-10-25(24)22-39/h3-4,9-14,21H,1-2,5-8,15-20,22-23H2,(H2,34,35,36,37,40). The van der Waals surface area contributed by atoms with Crippen LogP contribution in [0, 0.1) is 0 Å². The van der Waals surface area contributed by atoms with E-state index in [1.54, 1.807) is 0 Å². The van der Waals surface area contributed by atoms with Gasteiger partial charge in [0.2, 0.25) is 5.95 Å². The van der Waals surface area contributed by atoms with Crippen LogP contribution in [0.25, 0.3) is 0 Å². The second kappa shape index (κ2) is 12.3. The van der Waals surface area contributed by atoms with E-state index < -0.39 is 0 Å². The number of hydrogen-bond acceptors (Lipinski definition) is 5. The van der Waals surface area contributed by atoms with Crippen molar-refractivity contribution in [2.24, 2.45) is 0 Å². The summed E-state index contributed by atoms with van der Waals surface area (Å²) in [5.74, 6) is 2.52. The number of thiocarbonyl (C=S) groups is 1. The molecule has 3 aromatic rings. The van der Waals surface area contributed by atoms with Gasteiger partial charge < -0.3 is 20.4 Å². The van der Waals surface area contributed by atoms with Crippen LogP contribution in [0.1, 0.15) is 68.1 Å². The van der Waals surface area contributed by atoms with Gasteiger partial charge in [-0.25, -0.2) is 0 Å². The normalized spacial score (nSPS) is 18.6. The number of nitrogens with zero attached hydrogens (tertiary/aromatic N) is 4. The molecule has 1 saturated heterocycles. The third kappa shape index (κ3) is 6.21. The van der Waals surface area contributed by atoms with Gasteiger partial charge in [0.1, 0.15) is 11.6 Å². The molecular formula is C32H39ClN6S. The molecule has 2 fully saturated rings. The highest BCUT2D eigenvalue weighted by atomic mass is 35.5. The Labute approximate surface area is 248 Å². The number of rotatable bonds is 6. The third-order valence-electron chi connectivity index (χ3n) is 8.91. The molecule has 6 nitrogen and oxygen atoms in total. The van der Waals surface area contributed by atoms with Crippen LogP contribution in [0.2, 0.25) is 5.02 Å². The van der Waals surface area contributed by atoms with Crippen LogP contribution >= 0.6 is 23.8 Å². The molecule has 2 aliphatic heterocycles. The lowest BCUT2D eigenvalue weighted by Crippen LogP contribution is -2.41. The van der Waals surface area contributed by atoms with Gasteiger partial charge in [-0.05, 0) is 73.1 Å². The zero-order chi connectivity index (χ0) is 27.4. The van der Waals surface area contributed by atoms with Crippen molar-refractivity contribution in [1.29, 1.82) is 0 Å². The van der Waals surface area contributed by atoms with Gasteiger partial charge in [0.15, 0.2) is 5.11 Å². The minimum absolute atomic E-state index is 0.0669. The van der Waals surface area contributed by atoms with Crippen molar-refractivity contribution in [3.8, 4) is 0 Å². The average Bonchev–Trinajstić information content (AvgIpc) is 3.30. The van der Waals surface area contributed by atoms with Crippen molar-refractivity contribution in [2.75, 3.05) is 41.3 Å². The van der Waals surface area contributed by atoms with Gasteiger partial charge in [0, 0.05) is 49.2 Å². The summed E-state index contributed by atoms with van der Waals surface area (Å²) in [5, 5.41) is 8.24. The molecule has 2 N–H and O–H groups in total. The molecule has 8 heteroatoms. The Hall–Kier alpha value is -2.90. The van der Waals surface area contributed by atoms with Crippen LogP contribution in [0.15, 0.2) is 54.6 Å². The molecule has 0 amide bonds. The predicted molar refractivity (Wildman–Crippen MR) is 170 cm³/mol. The molecule has 2 aromatic carbocycles. The number of anilines is 3. The molecule has 0 radical (unpaired) electrons. The molecule has 210 valence electrons. The maximum absolute atomic E-state index is 6.19. The SMILES string of the molecule is S=C(NCC1(c2ccc(Cl)cc2)CCCC1)Nc1nc(N2CCCCCC2)cc(N2CCc3ccccc3C2)n1. The lowest BCUT2D eigenvalue weighted by Gasteiger charge is -2.32. The summed E-state index contributed by atoms with van der Waals surface area (Å²) in [6.45, 7) is 4.65. The highest BCUT2D eigenvalue weighted by molar-refractivity contribution is 7.80. The topological polar surface area (TPSA) is 56.3 Å². The van der Waals surface area contributed by atoms with Crippen LogP contribution in [0.3, 0.4) is 0 Å². The average molecular weight is 575 g/mol. The first-order chi connectivity index (χ1) is 19.6. The van der Waals surface area contributed by atoms with Gasteiger partial charge in [-0.1, -0.05) is 73.7 Å². The zero-order valence-corrected chi connectivity index (χ0v) is 24.7. The van der Waals surface area contributed by atoms with E-state index in [1.807, 2.05) is 12.1 Å². The number of aromatic nitrogens is 2. The number of nitrogens with one attached hydrogen (secondary N) is 2. The molecule has 1 saturated carbocycles. The lowest BCUT2D eigenvalue weighted by molar-refractivity contribution is 0.435. The van der Waals surface area contributed by atoms with E-state index in [4.69, 9.17) is 33.8 Å². The summed E-state index contributed by atoms with van der Waals surface area (Å²) in [6.07, 6.45) is 10.7. The molecular weight excluding hydrogens is 536 g/mol. The summed E-state index contributed by atoms with van der Waals surface area (Å²) in [5.41, 5.74) is 4.21. The second-order valence-corrected chi connectivity index (χ2v) is 12.4.